The summed E-state index contributed by atoms with van der Waals surface area (Å²) in [6, 6.07) is 6.11. The van der Waals surface area contributed by atoms with Gasteiger partial charge in [0.25, 0.3) is 0 Å². The van der Waals surface area contributed by atoms with Crippen LogP contribution in [0, 0.1) is 6.92 Å². The summed E-state index contributed by atoms with van der Waals surface area (Å²) < 4.78 is 13.3. The van der Waals surface area contributed by atoms with Crippen LogP contribution in [0.25, 0.3) is 5.69 Å². The molecular weight excluding hydrogens is 334 g/mol. The molecule has 5 nitrogen and oxygen atoms in total. The lowest BCUT2D eigenvalue weighted by atomic mass is 10.3. The summed E-state index contributed by atoms with van der Waals surface area (Å²) in [6.07, 6.45) is 2.00. The van der Waals surface area contributed by atoms with Gasteiger partial charge in [-0.1, -0.05) is 0 Å². The van der Waals surface area contributed by atoms with Crippen molar-refractivity contribution in [1.29, 1.82) is 0 Å². The number of halogens is 1. The van der Waals surface area contributed by atoms with Crippen molar-refractivity contribution in [3.05, 3.63) is 34.6 Å². The van der Waals surface area contributed by atoms with E-state index in [1.54, 1.807) is 14.2 Å². The van der Waals surface area contributed by atoms with E-state index in [2.05, 4.69) is 33.2 Å². The number of anilines is 1. The van der Waals surface area contributed by atoms with Crippen LogP contribution in [0.2, 0.25) is 0 Å². The van der Waals surface area contributed by atoms with Crippen LogP contribution >= 0.6 is 15.9 Å². The number of benzene rings is 1. The second-order valence-corrected chi connectivity index (χ2v) is 5.75. The first-order valence-corrected chi connectivity index (χ1v) is 7.49. The van der Waals surface area contributed by atoms with Crippen LogP contribution in [0.3, 0.4) is 0 Å². The molecule has 0 aliphatic carbocycles. The molecule has 0 saturated heterocycles. The topological polar surface area (TPSA) is 48.3 Å². The van der Waals surface area contributed by atoms with Gasteiger partial charge in [-0.05, 0) is 48.0 Å². The Hall–Kier alpha value is -1.53. The van der Waals surface area contributed by atoms with Gasteiger partial charge in [0.2, 0.25) is 5.95 Å². The molecule has 1 N–H and O–H groups in total. The summed E-state index contributed by atoms with van der Waals surface area (Å²) in [7, 11) is 3.34. The lowest BCUT2D eigenvalue weighted by molar-refractivity contribution is 0.190. The Balaban J connectivity index is 2.33. The van der Waals surface area contributed by atoms with Gasteiger partial charge in [-0.2, -0.15) is 0 Å². The van der Waals surface area contributed by atoms with Gasteiger partial charge in [0.05, 0.1) is 23.9 Å². The number of imidazole rings is 1. The predicted molar refractivity (Wildman–Crippen MR) is 87.5 cm³/mol. The Morgan fingerprint density at radius 3 is 2.76 bits per heavy atom. The molecule has 0 saturated carbocycles. The Morgan fingerprint density at radius 2 is 2.14 bits per heavy atom. The monoisotopic (exact) mass is 353 g/mol. The number of nitrogens with zero attached hydrogens (tertiary/aromatic N) is 2. The molecule has 2 aromatic rings. The van der Waals surface area contributed by atoms with E-state index in [0.717, 1.165) is 27.6 Å². The molecule has 0 fully saturated rings. The Labute approximate surface area is 133 Å². The van der Waals surface area contributed by atoms with Crippen LogP contribution in [0.1, 0.15) is 12.6 Å². The predicted octanol–water partition coefficient (Wildman–Crippen LogP) is 3.40. The highest BCUT2D eigenvalue weighted by Gasteiger charge is 2.12. The number of aromatic nitrogens is 2. The van der Waals surface area contributed by atoms with E-state index in [0.29, 0.717) is 6.61 Å². The first kappa shape index (κ1) is 15.9. The summed E-state index contributed by atoms with van der Waals surface area (Å²) in [5, 5.41) is 3.36. The van der Waals surface area contributed by atoms with E-state index >= 15 is 0 Å². The summed E-state index contributed by atoms with van der Waals surface area (Å²) in [6.45, 7) is 4.65. The van der Waals surface area contributed by atoms with Crippen molar-refractivity contribution in [3.63, 3.8) is 0 Å². The fourth-order valence-electron chi connectivity index (χ4n) is 2.11. The van der Waals surface area contributed by atoms with Gasteiger partial charge in [-0.25, -0.2) is 4.98 Å². The highest BCUT2D eigenvalue weighted by molar-refractivity contribution is 9.10. The number of aryl methyl sites for hydroxylation is 1. The lowest BCUT2D eigenvalue weighted by Gasteiger charge is -2.15. The number of hydrogen-bond donors (Lipinski definition) is 1. The van der Waals surface area contributed by atoms with E-state index in [-0.39, 0.29) is 6.04 Å². The van der Waals surface area contributed by atoms with Gasteiger partial charge in [0, 0.05) is 25.0 Å². The zero-order valence-corrected chi connectivity index (χ0v) is 14.3. The van der Waals surface area contributed by atoms with Crippen LogP contribution in [-0.4, -0.2) is 36.4 Å². The zero-order chi connectivity index (χ0) is 15.4. The molecule has 1 aromatic carbocycles. The molecule has 1 atom stereocenters. The number of rotatable bonds is 6. The second-order valence-electron chi connectivity index (χ2n) is 4.90. The highest BCUT2D eigenvalue weighted by Crippen LogP contribution is 2.28. The SMILES string of the molecule is COCC(C)Nc1nc(C)cn1-c1ccc(OC)c(Br)c1. The lowest BCUT2D eigenvalue weighted by Crippen LogP contribution is -2.22. The fourth-order valence-corrected chi connectivity index (χ4v) is 2.64. The van der Waals surface area contributed by atoms with Gasteiger partial charge in [0.15, 0.2) is 0 Å². The zero-order valence-electron chi connectivity index (χ0n) is 12.7. The van der Waals surface area contributed by atoms with Crippen molar-refractivity contribution in [2.24, 2.45) is 0 Å². The van der Waals surface area contributed by atoms with E-state index in [4.69, 9.17) is 9.47 Å². The van der Waals surface area contributed by atoms with Gasteiger partial charge < -0.3 is 14.8 Å². The summed E-state index contributed by atoms with van der Waals surface area (Å²) in [4.78, 5) is 4.53. The van der Waals surface area contributed by atoms with Crippen molar-refractivity contribution in [3.8, 4) is 11.4 Å². The quantitative estimate of drug-likeness (QED) is 0.864. The van der Waals surface area contributed by atoms with E-state index in [1.165, 1.54) is 0 Å². The van der Waals surface area contributed by atoms with E-state index < -0.39 is 0 Å². The third-order valence-corrected chi connectivity index (χ3v) is 3.65. The molecule has 21 heavy (non-hydrogen) atoms. The minimum atomic E-state index is 0.178. The molecule has 0 aliphatic heterocycles. The van der Waals surface area contributed by atoms with E-state index in [1.807, 2.05) is 35.9 Å². The van der Waals surface area contributed by atoms with Crippen LogP contribution < -0.4 is 10.1 Å². The van der Waals surface area contributed by atoms with Crippen LogP contribution in [0.15, 0.2) is 28.9 Å². The molecule has 0 radical (unpaired) electrons. The first-order chi connectivity index (χ1) is 10.0. The van der Waals surface area contributed by atoms with Gasteiger partial charge >= 0.3 is 0 Å². The summed E-state index contributed by atoms with van der Waals surface area (Å²) in [5.74, 6) is 1.60. The molecule has 1 aromatic heterocycles. The maximum Gasteiger partial charge on any atom is 0.208 e. The minimum Gasteiger partial charge on any atom is -0.496 e. The molecule has 0 bridgehead atoms. The molecule has 1 heterocycles. The van der Waals surface area contributed by atoms with Crippen molar-refractivity contribution < 1.29 is 9.47 Å². The molecule has 6 heteroatoms. The normalized spacial score (nSPS) is 12.2. The average molecular weight is 354 g/mol. The van der Waals surface area contributed by atoms with Gasteiger partial charge in [-0.15, -0.1) is 0 Å². The Bertz CT molecular complexity index is 613. The fraction of sp³-hybridized carbons (Fsp3) is 0.400. The highest BCUT2D eigenvalue weighted by atomic mass is 79.9. The average Bonchev–Trinajstić information content (AvgIpc) is 2.79. The molecule has 2 rings (SSSR count). The molecule has 114 valence electrons. The van der Waals surface area contributed by atoms with Crippen molar-refractivity contribution in [1.82, 2.24) is 9.55 Å². The second kappa shape index (κ2) is 6.95. The number of ether oxygens (including phenoxy) is 2. The smallest absolute Gasteiger partial charge is 0.208 e. The maximum absolute atomic E-state index is 5.26. The van der Waals surface area contributed by atoms with Crippen LogP contribution in [0.4, 0.5) is 5.95 Å². The number of methoxy groups -OCH3 is 2. The third-order valence-electron chi connectivity index (χ3n) is 3.03. The largest absolute Gasteiger partial charge is 0.496 e. The van der Waals surface area contributed by atoms with Crippen molar-refractivity contribution in [2.45, 2.75) is 19.9 Å². The van der Waals surface area contributed by atoms with E-state index in [9.17, 15) is 0 Å². The number of nitrogens with one attached hydrogen (secondary N) is 1. The Kier molecular flexibility index (Phi) is 5.25. The van der Waals surface area contributed by atoms with Gasteiger partial charge in [0.1, 0.15) is 5.75 Å². The van der Waals surface area contributed by atoms with Crippen molar-refractivity contribution >= 4 is 21.9 Å². The molecule has 0 aliphatic rings. The minimum absolute atomic E-state index is 0.178. The molecular formula is C15H20BrN3O2. The number of hydrogen-bond acceptors (Lipinski definition) is 4. The van der Waals surface area contributed by atoms with Crippen molar-refractivity contribution in [2.75, 3.05) is 26.1 Å². The van der Waals surface area contributed by atoms with Gasteiger partial charge in [-0.3, -0.25) is 4.57 Å². The van der Waals surface area contributed by atoms with Crippen LogP contribution in [-0.2, 0) is 4.74 Å². The summed E-state index contributed by atoms with van der Waals surface area (Å²) in [5.41, 5.74) is 1.96. The standard InChI is InChI=1S/C15H20BrN3O2/c1-10-8-19(15(17-10)18-11(2)9-20-3)12-5-6-14(21-4)13(16)7-12/h5-8,11H,9H2,1-4H3,(H,17,18). The maximum atomic E-state index is 5.26. The molecule has 0 spiro atoms. The summed E-state index contributed by atoms with van der Waals surface area (Å²) >= 11 is 3.51. The van der Waals surface area contributed by atoms with Crippen LogP contribution in [0.5, 0.6) is 5.75 Å². The first-order valence-electron chi connectivity index (χ1n) is 6.70. The Morgan fingerprint density at radius 1 is 1.38 bits per heavy atom. The molecule has 0 amide bonds. The third kappa shape index (κ3) is 3.77. The molecule has 1 unspecified atom stereocenters.